The van der Waals surface area contributed by atoms with Crippen molar-refractivity contribution in [2.24, 2.45) is 5.92 Å². The van der Waals surface area contributed by atoms with Gasteiger partial charge in [0.1, 0.15) is 0 Å². The van der Waals surface area contributed by atoms with Crippen LogP contribution in [0.2, 0.25) is 0 Å². The number of nitrogens with one attached hydrogen (secondary N) is 1. The summed E-state index contributed by atoms with van der Waals surface area (Å²) in [5, 5.41) is 7.48. The number of hydrogen-bond donors (Lipinski definition) is 1. The highest BCUT2D eigenvalue weighted by Gasteiger charge is 2.24. The SMILES string of the molecule is CCN(C)CC1CCN(Cc2n[nH]c(C)c2C)C1. The Kier molecular flexibility index (Phi) is 4.40. The van der Waals surface area contributed by atoms with E-state index in [-0.39, 0.29) is 0 Å². The number of aryl methyl sites for hydroxylation is 1. The topological polar surface area (TPSA) is 35.2 Å². The highest BCUT2D eigenvalue weighted by Crippen LogP contribution is 2.20. The number of H-pyrrole nitrogens is 1. The van der Waals surface area contributed by atoms with Gasteiger partial charge in [0.25, 0.3) is 0 Å². The molecule has 1 aromatic heterocycles. The number of nitrogens with zero attached hydrogens (tertiary/aromatic N) is 3. The predicted molar refractivity (Wildman–Crippen MR) is 74.6 cm³/mol. The highest BCUT2D eigenvalue weighted by atomic mass is 15.2. The summed E-state index contributed by atoms with van der Waals surface area (Å²) in [7, 11) is 2.21. The molecule has 4 nitrogen and oxygen atoms in total. The van der Waals surface area contributed by atoms with Crippen molar-refractivity contribution in [3.8, 4) is 0 Å². The zero-order valence-corrected chi connectivity index (χ0v) is 12.2. The lowest BCUT2D eigenvalue weighted by molar-refractivity contribution is 0.266. The van der Waals surface area contributed by atoms with E-state index in [0.717, 1.165) is 19.0 Å². The molecular weight excluding hydrogens is 224 g/mol. The van der Waals surface area contributed by atoms with Crippen molar-refractivity contribution in [3.63, 3.8) is 0 Å². The molecule has 0 amide bonds. The monoisotopic (exact) mass is 250 g/mol. The lowest BCUT2D eigenvalue weighted by atomic mass is 10.1. The molecule has 0 aromatic carbocycles. The Bertz CT molecular complexity index is 385. The smallest absolute Gasteiger partial charge is 0.0794 e. The Morgan fingerprint density at radius 3 is 2.83 bits per heavy atom. The second-order valence-electron chi connectivity index (χ2n) is 5.66. The van der Waals surface area contributed by atoms with E-state index in [4.69, 9.17) is 0 Å². The van der Waals surface area contributed by atoms with Crippen molar-refractivity contribution in [2.45, 2.75) is 33.7 Å². The lowest BCUT2D eigenvalue weighted by Crippen LogP contribution is -2.28. The van der Waals surface area contributed by atoms with Crippen molar-refractivity contribution in [2.75, 3.05) is 33.2 Å². The van der Waals surface area contributed by atoms with Crippen LogP contribution in [-0.2, 0) is 6.54 Å². The first-order valence-corrected chi connectivity index (χ1v) is 7.01. The molecule has 1 aliphatic rings. The summed E-state index contributed by atoms with van der Waals surface area (Å²) in [5.41, 5.74) is 3.74. The second-order valence-corrected chi connectivity index (χ2v) is 5.66. The van der Waals surface area contributed by atoms with Crippen LogP contribution < -0.4 is 0 Å². The minimum Gasteiger partial charge on any atom is -0.306 e. The maximum atomic E-state index is 4.40. The number of likely N-dealkylation sites (tertiary alicyclic amines) is 1. The molecule has 102 valence electrons. The molecule has 1 aromatic rings. The Morgan fingerprint density at radius 1 is 1.44 bits per heavy atom. The molecular formula is C14H26N4. The molecule has 0 spiro atoms. The van der Waals surface area contributed by atoms with E-state index in [0.29, 0.717) is 0 Å². The quantitative estimate of drug-likeness (QED) is 0.865. The van der Waals surface area contributed by atoms with Gasteiger partial charge in [-0.3, -0.25) is 10.00 Å². The van der Waals surface area contributed by atoms with Gasteiger partial charge in [-0.2, -0.15) is 5.10 Å². The van der Waals surface area contributed by atoms with Crippen LogP contribution in [0, 0.1) is 19.8 Å². The Hall–Kier alpha value is -0.870. The van der Waals surface area contributed by atoms with Gasteiger partial charge in [0.2, 0.25) is 0 Å². The summed E-state index contributed by atoms with van der Waals surface area (Å²) in [6.45, 7) is 12.3. The van der Waals surface area contributed by atoms with Crippen LogP contribution in [0.3, 0.4) is 0 Å². The number of hydrogen-bond acceptors (Lipinski definition) is 3. The molecule has 2 heterocycles. The van der Waals surface area contributed by atoms with E-state index in [1.54, 1.807) is 0 Å². The van der Waals surface area contributed by atoms with Crippen molar-refractivity contribution < 1.29 is 0 Å². The molecule has 1 atom stereocenters. The summed E-state index contributed by atoms with van der Waals surface area (Å²) in [6.07, 6.45) is 1.33. The van der Waals surface area contributed by atoms with Crippen LogP contribution >= 0.6 is 0 Å². The van der Waals surface area contributed by atoms with Crippen LogP contribution in [0.15, 0.2) is 0 Å². The number of rotatable bonds is 5. The average molecular weight is 250 g/mol. The fraction of sp³-hybridized carbons (Fsp3) is 0.786. The van der Waals surface area contributed by atoms with Gasteiger partial charge in [-0.05, 0) is 51.9 Å². The van der Waals surface area contributed by atoms with Crippen molar-refractivity contribution in [1.82, 2.24) is 20.0 Å². The maximum absolute atomic E-state index is 4.40. The van der Waals surface area contributed by atoms with Gasteiger partial charge in [0.15, 0.2) is 0 Å². The largest absolute Gasteiger partial charge is 0.306 e. The molecule has 0 radical (unpaired) electrons. The molecule has 1 unspecified atom stereocenters. The zero-order valence-electron chi connectivity index (χ0n) is 12.2. The van der Waals surface area contributed by atoms with Gasteiger partial charge < -0.3 is 4.90 Å². The highest BCUT2D eigenvalue weighted by molar-refractivity contribution is 5.22. The molecule has 1 fully saturated rings. The van der Waals surface area contributed by atoms with Crippen LogP contribution in [0.1, 0.15) is 30.3 Å². The summed E-state index contributed by atoms with van der Waals surface area (Å²) in [6, 6.07) is 0. The molecule has 0 saturated carbocycles. The Labute approximate surface area is 110 Å². The van der Waals surface area contributed by atoms with E-state index in [2.05, 4.69) is 47.8 Å². The Balaban J connectivity index is 1.84. The van der Waals surface area contributed by atoms with Gasteiger partial charge in [-0.15, -0.1) is 0 Å². The number of aromatic nitrogens is 2. The molecule has 0 aliphatic carbocycles. The van der Waals surface area contributed by atoms with E-state index < -0.39 is 0 Å². The maximum Gasteiger partial charge on any atom is 0.0794 e. The minimum atomic E-state index is 0.829. The molecule has 18 heavy (non-hydrogen) atoms. The Morgan fingerprint density at radius 2 is 2.22 bits per heavy atom. The van der Waals surface area contributed by atoms with E-state index in [1.807, 2.05) is 0 Å². The van der Waals surface area contributed by atoms with Crippen LogP contribution in [0.4, 0.5) is 0 Å². The van der Waals surface area contributed by atoms with Crippen molar-refractivity contribution in [1.29, 1.82) is 0 Å². The van der Waals surface area contributed by atoms with Gasteiger partial charge in [-0.25, -0.2) is 0 Å². The third-order valence-corrected chi connectivity index (χ3v) is 4.21. The lowest BCUT2D eigenvalue weighted by Gasteiger charge is -2.19. The molecule has 2 rings (SSSR count). The molecule has 0 bridgehead atoms. The van der Waals surface area contributed by atoms with Gasteiger partial charge >= 0.3 is 0 Å². The summed E-state index contributed by atoms with van der Waals surface area (Å²) < 4.78 is 0. The fourth-order valence-corrected chi connectivity index (χ4v) is 2.68. The summed E-state index contributed by atoms with van der Waals surface area (Å²) >= 11 is 0. The normalized spacial score (nSPS) is 21.1. The molecule has 1 N–H and O–H groups in total. The summed E-state index contributed by atoms with van der Waals surface area (Å²) in [5.74, 6) is 0.829. The van der Waals surface area contributed by atoms with Gasteiger partial charge in [-0.1, -0.05) is 6.92 Å². The van der Waals surface area contributed by atoms with E-state index in [1.165, 1.54) is 43.0 Å². The predicted octanol–water partition coefficient (Wildman–Crippen LogP) is 1.80. The van der Waals surface area contributed by atoms with Gasteiger partial charge in [0.05, 0.1) is 5.69 Å². The first-order valence-electron chi connectivity index (χ1n) is 7.01. The van der Waals surface area contributed by atoms with Gasteiger partial charge in [0, 0.05) is 25.3 Å². The van der Waals surface area contributed by atoms with Crippen molar-refractivity contribution in [3.05, 3.63) is 17.0 Å². The third-order valence-electron chi connectivity index (χ3n) is 4.21. The average Bonchev–Trinajstić information content (AvgIpc) is 2.91. The summed E-state index contributed by atoms with van der Waals surface area (Å²) in [4.78, 5) is 4.95. The standard InChI is InChI=1S/C14H26N4/c1-5-17(4)8-13-6-7-18(9-13)10-14-11(2)12(3)15-16-14/h13H,5-10H2,1-4H3,(H,15,16). The first kappa shape index (κ1) is 13.6. The van der Waals surface area contributed by atoms with Crippen LogP contribution in [0.25, 0.3) is 0 Å². The first-order chi connectivity index (χ1) is 8.60. The minimum absolute atomic E-state index is 0.829. The molecule has 1 saturated heterocycles. The van der Waals surface area contributed by atoms with E-state index in [9.17, 15) is 0 Å². The van der Waals surface area contributed by atoms with Crippen LogP contribution in [0.5, 0.6) is 0 Å². The fourth-order valence-electron chi connectivity index (χ4n) is 2.68. The number of aromatic amines is 1. The zero-order chi connectivity index (χ0) is 13.1. The molecule has 4 heteroatoms. The van der Waals surface area contributed by atoms with E-state index >= 15 is 0 Å². The third kappa shape index (κ3) is 3.12. The van der Waals surface area contributed by atoms with Crippen molar-refractivity contribution >= 4 is 0 Å². The molecule has 1 aliphatic heterocycles. The second kappa shape index (κ2) is 5.85. The van der Waals surface area contributed by atoms with Crippen LogP contribution in [-0.4, -0.2) is 53.2 Å².